The van der Waals surface area contributed by atoms with E-state index in [1.807, 2.05) is 11.2 Å². The van der Waals surface area contributed by atoms with Gasteiger partial charge in [0.25, 0.3) is 0 Å². The lowest BCUT2D eigenvalue weighted by Gasteiger charge is -2.36. The predicted octanol–water partition coefficient (Wildman–Crippen LogP) is 2.28. The molecule has 4 heteroatoms. The van der Waals surface area contributed by atoms with Gasteiger partial charge in [0, 0.05) is 19.5 Å². The van der Waals surface area contributed by atoms with Crippen molar-refractivity contribution >= 4 is 17.7 Å². The number of rotatable bonds is 3. The van der Waals surface area contributed by atoms with E-state index in [4.69, 9.17) is 5.26 Å². The van der Waals surface area contributed by atoms with Crippen LogP contribution in [0.2, 0.25) is 0 Å². The standard InChI is InChI=1S/C12H20N2OS/c1-10(2)8-11(15)14-6-4-12(9-13,16-3)5-7-14/h10H,4-8H2,1-3H3. The first-order valence-corrected chi connectivity index (χ1v) is 6.99. The lowest BCUT2D eigenvalue weighted by molar-refractivity contribution is -0.132. The summed E-state index contributed by atoms with van der Waals surface area (Å²) in [5, 5.41) is 9.14. The summed E-state index contributed by atoms with van der Waals surface area (Å²) in [4.78, 5) is 13.7. The van der Waals surface area contributed by atoms with Gasteiger partial charge < -0.3 is 4.90 Å². The molecule has 90 valence electrons. The van der Waals surface area contributed by atoms with E-state index in [0.29, 0.717) is 12.3 Å². The van der Waals surface area contributed by atoms with E-state index < -0.39 is 0 Å². The van der Waals surface area contributed by atoms with Crippen molar-refractivity contribution in [3.8, 4) is 6.07 Å². The topological polar surface area (TPSA) is 44.1 Å². The molecule has 0 aromatic carbocycles. The normalized spacial score (nSPS) is 19.6. The number of likely N-dealkylation sites (tertiary alicyclic amines) is 1. The molecule has 0 radical (unpaired) electrons. The molecule has 0 unspecified atom stereocenters. The number of carbonyl (C=O) groups is 1. The van der Waals surface area contributed by atoms with Gasteiger partial charge in [0.05, 0.1) is 6.07 Å². The number of piperidine rings is 1. The molecule has 0 aromatic rings. The van der Waals surface area contributed by atoms with Crippen LogP contribution in [0.25, 0.3) is 0 Å². The third-order valence-corrected chi connectivity index (χ3v) is 4.38. The Morgan fingerprint density at radius 2 is 2.06 bits per heavy atom. The molecule has 0 aliphatic carbocycles. The van der Waals surface area contributed by atoms with Gasteiger partial charge in [-0.3, -0.25) is 4.79 Å². The fourth-order valence-electron chi connectivity index (χ4n) is 1.96. The van der Waals surface area contributed by atoms with Crippen molar-refractivity contribution in [2.24, 2.45) is 5.92 Å². The number of nitrogens with zero attached hydrogens (tertiary/aromatic N) is 2. The fourth-order valence-corrected chi connectivity index (χ4v) is 2.64. The molecule has 1 aliphatic heterocycles. The molecule has 1 heterocycles. The first-order chi connectivity index (χ1) is 7.53. The van der Waals surface area contributed by atoms with Gasteiger partial charge in [-0.2, -0.15) is 5.26 Å². The molecule has 0 spiro atoms. The Labute approximate surface area is 102 Å². The van der Waals surface area contributed by atoms with Crippen molar-refractivity contribution in [3.05, 3.63) is 0 Å². The highest BCUT2D eigenvalue weighted by Crippen LogP contribution is 2.33. The molecule has 0 aromatic heterocycles. The van der Waals surface area contributed by atoms with E-state index in [1.54, 1.807) is 11.8 Å². The van der Waals surface area contributed by atoms with Crippen LogP contribution < -0.4 is 0 Å². The average Bonchev–Trinajstić information content (AvgIpc) is 2.28. The van der Waals surface area contributed by atoms with Crippen LogP contribution in [0.4, 0.5) is 0 Å². The molecule has 1 fully saturated rings. The Balaban J connectivity index is 2.49. The zero-order valence-electron chi connectivity index (χ0n) is 10.3. The highest BCUT2D eigenvalue weighted by atomic mass is 32.2. The number of hydrogen-bond donors (Lipinski definition) is 0. The van der Waals surface area contributed by atoms with Crippen LogP contribution >= 0.6 is 11.8 Å². The van der Waals surface area contributed by atoms with Gasteiger partial charge in [-0.1, -0.05) is 13.8 Å². The third kappa shape index (κ3) is 3.15. The van der Waals surface area contributed by atoms with Gasteiger partial charge in [-0.15, -0.1) is 11.8 Å². The Kier molecular flexibility index (Phi) is 4.67. The van der Waals surface area contributed by atoms with Crippen LogP contribution in [0.3, 0.4) is 0 Å². The van der Waals surface area contributed by atoms with Gasteiger partial charge in [-0.25, -0.2) is 0 Å². The minimum atomic E-state index is -0.255. The van der Waals surface area contributed by atoms with Crippen molar-refractivity contribution in [1.82, 2.24) is 4.90 Å². The van der Waals surface area contributed by atoms with Gasteiger partial charge in [0.2, 0.25) is 5.91 Å². The van der Waals surface area contributed by atoms with Crippen LogP contribution in [0.15, 0.2) is 0 Å². The zero-order valence-corrected chi connectivity index (χ0v) is 11.1. The largest absolute Gasteiger partial charge is 0.343 e. The van der Waals surface area contributed by atoms with Crippen molar-refractivity contribution in [2.75, 3.05) is 19.3 Å². The summed E-state index contributed by atoms with van der Waals surface area (Å²) < 4.78 is -0.255. The molecule has 3 nitrogen and oxygen atoms in total. The molecular formula is C12H20N2OS. The number of thioether (sulfide) groups is 1. The van der Waals surface area contributed by atoms with Crippen molar-refractivity contribution in [3.63, 3.8) is 0 Å². The lowest BCUT2D eigenvalue weighted by atomic mass is 9.96. The maximum absolute atomic E-state index is 11.8. The Hall–Kier alpha value is -0.690. The molecule has 0 bridgehead atoms. The molecule has 0 atom stereocenters. The summed E-state index contributed by atoms with van der Waals surface area (Å²) in [5.74, 6) is 0.651. The van der Waals surface area contributed by atoms with Gasteiger partial charge >= 0.3 is 0 Å². The van der Waals surface area contributed by atoms with Crippen molar-refractivity contribution in [1.29, 1.82) is 5.26 Å². The number of nitriles is 1. The minimum Gasteiger partial charge on any atom is -0.343 e. The summed E-state index contributed by atoms with van der Waals surface area (Å²) >= 11 is 1.62. The van der Waals surface area contributed by atoms with Crippen LogP contribution in [-0.2, 0) is 4.79 Å². The molecule has 1 rings (SSSR count). The van der Waals surface area contributed by atoms with E-state index >= 15 is 0 Å². The second-order valence-electron chi connectivity index (χ2n) is 4.79. The summed E-state index contributed by atoms with van der Waals surface area (Å²) in [7, 11) is 0. The minimum absolute atomic E-state index is 0.239. The van der Waals surface area contributed by atoms with Crippen LogP contribution in [0.5, 0.6) is 0 Å². The Morgan fingerprint density at radius 3 is 2.44 bits per heavy atom. The summed E-state index contributed by atoms with van der Waals surface area (Å²) in [6, 6.07) is 2.39. The van der Waals surface area contributed by atoms with E-state index in [1.165, 1.54) is 0 Å². The number of amides is 1. The second kappa shape index (κ2) is 5.58. The first-order valence-electron chi connectivity index (χ1n) is 5.77. The molecule has 1 aliphatic rings. The average molecular weight is 240 g/mol. The van der Waals surface area contributed by atoms with E-state index in [0.717, 1.165) is 25.9 Å². The van der Waals surface area contributed by atoms with Crippen LogP contribution in [-0.4, -0.2) is 34.9 Å². The third-order valence-electron chi connectivity index (χ3n) is 3.10. The SMILES string of the molecule is CSC1(C#N)CCN(C(=O)CC(C)C)CC1. The molecule has 16 heavy (non-hydrogen) atoms. The van der Waals surface area contributed by atoms with Crippen molar-refractivity contribution in [2.45, 2.75) is 37.9 Å². The summed E-state index contributed by atoms with van der Waals surface area (Å²) in [5.41, 5.74) is 0. The van der Waals surface area contributed by atoms with E-state index in [9.17, 15) is 4.79 Å². The quantitative estimate of drug-likeness (QED) is 0.760. The number of carbonyl (C=O) groups excluding carboxylic acids is 1. The van der Waals surface area contributed by atoms with Crippen LogP contribution in [0, 0.1) is 17.2 Å². The first kappa shape index (κ1) is 13.4. The Bertz CT molecular complexity index is 288. The van der Waals surface area contributed by atoms with Gasteiger partial charge in [0.15, 0.2) is 0 Å². The molecule has 0 saturated carbocycles. The maximum atomic E-state index is 11.8. The fraction of sp³-hybridized carbons (Fsp3) is 0.833. The lowest BCUT2D eigenvalue weighted by Crippen LogP contribution is -2.44. The van der Waals surface area contributed by atoms with Gasteiger partial charge in [-0.05, 0) is 25.0 Å². The predicted molar refractivity (Wildman–Crippen MR) is 67.1 cm³/mol. The van der Waals surface area contributed by atoms with Crippen molar-refractivity contribution < 1.29 is 4.79 Å². The second-order valence-corrected chi connectivity index (χ2v) is 5.98. The molecule has 1 saturated heterocycles. The zero-order chi connectivity index (χ0) is 12.2. The summed E-state index contributed by atoms with van der Waals surface area (Å²) in [6.07, 6.45) is 4.21. The monoisotopic (exact) mass is 240 g/mol. The van der Waals surface area contributed by atoms with Gasteiger partial charge in [0.1, 0.15) is 4.75 Å². The number of hydrogen-bond acceptors (Lipinski definition) is 3. The van der Waals surface area contributed by atoms with E-state index in [2.05, 4.69) is 19.9 Å². The van der Waals surface area contributed by atoms with Crippen LogP contribution in [0.1, 0.15) is 33.1 Å². The smallest absolute Gasteiger partial charge is 0.222 e. The Morgan fingerprint density at radius 1 is 1.50 bits per heavy atom. The molecular weight excluding hydrogens is 220 g/mol. The highest BCUT2D eigenvalue weighted by Gasteiger charge is 2.35. The summed E-state index contributed by atoms with van der Waals surface area (Å²) in [6.45, 7) is 5.59. The molecule has 0 N–H and O–H groups in total. The highest BCUT2D eigenvalue weighted by molar-refractivity contribution is 8.00. The maximum Gasteiger partial charge on any atom is 0.222 e. The van der Waals surface area contributed by atoms with E-state index in [-0.39, 0.29) is 10.7 Å². The molecule has 1 amide bonds.